The van der Waals surface area contributed by atoms with Crippen LogP contribution in [0.1, 0.15) is 23.3 Å². The van der Waals surface area contributed by atoms with Gasteiger partial charge in [-0.15, -0.1) is 0 Å². The lowest BCUT2D eigenvalue weighted by atomic mass is 9.88. The smallest absolute Gasteiger partial charge is 0.382 e. The number of rotatable bonds is 5. The second-order valence-corrected chi connectivity index (χ2v) is 6.22. The van der Waals surface area contributed by atoms with E-state index in [1.54, 1.807) is 0 Å². The number of halogens is 10. The fourth-order valence-corrected chi connectivity index (χ4v) is 2.66. The summed E-state index contributed by atoms with van der Waals surface area (Å²) >= 11 is 0. The van der Waals surface area contributed by atoms with E-state index in [0.29, 0.717) is 12.1 Å². The first-order valence-corrected chi connectivity index (χ1v) is 7.97. The predicted molar refractivity (Wildman–Crippen MR) is 83.8 cm³/mol. The SMILES string of the molecule is O[C@H](c1ccccc1-c1ccccc1[C@@H](O)C(F)(F)C(F)(F)F)C(F)(F)C(F)(F)F. The average molecular weight is 450 g/mol. The van der Waals surface area contributed by atoms with Crippen molar-refractivity contribution in [2.75, 3.05) is 0 Å². The van der Waals surface area contributed by atoms with E-state index >= 15 is 0 Å². The molecule has 2 atom stereocenters. The fourth-order valence-electron chi connectivity index (χ4n) is 2.66. The van der Waals surface area contributed by atoms with Gasteiger partial charge in [-0.2, -0.15) is 43.9 Å². The van der Waals surface area contributed by atoms with Gasteiger partial charge >= 0.3 is 24.2 Å². The van der Waals surface area contributed by atoms with Crippen LogP contribution in [0.5, 0.6) is 0 Å². The first kappa shape index (κ1) is 23.9. The molecule has 0 aromatic heterocycles. The molecule has 2 aromatic carbocycles. The Balaban J connectivity index is 2.67. The van der Waals surface area contributed by atoms with E-state index in [1.807, 2.05) is 0 Å². The second kappa shape index (κ2) is 7.73. The van der Waals surface area contributed by atoms with Gasteiger partial charge in [-0.3, -0.25) is 0 Å². The minimum absolute atomic E-state index is 0.630. The summed E-state index contributed by atoms with van der Waals surface area (Å²) in [5.74, 6) is -11.3. The highest BCUT2D eigenvalue weighted by molar-refractivity contribution is 5.72. The Hall–Kier alpha value is -2.34. The minimum atomic E-state index is -6.18. The molecule has 0 bridgehead atoms. The van der Waals surface area contributed by atoms with Crippen molar-refractivity contribution in [1.29, 1.82) is 0 Å². The molecule has 2 rings (SSSR count). The molecule has 0 spiro atoms. The maximum absolute atomic E-state index is 13.6. The monoisotopic (exact) mass is 450 g/mol. The van der Waals surface area contributed by atoms with Crippen LogP contribution in [0.4, 0.5) is 43.9 Å². The second-order valence-electron chi connectivity index (χ2n) is 6.22. The van der Waals surface area contributed by atoms with Crippen LogP contribution >= 0.6 is 0 Å². The van der Waals surface area contributed by atoms with Crippen molar-refractivity contribution in [3.8, 4) is 11.1 Å². The van der Waals surface area contributed by atoms with E-state index in [1.165, 1.54) is 0 Å². The Labute approximate surface area is 162 Å². The zero-order valence-corrected chi connectivity index (χ0v) is 14.4. The van der Waals surface area contributed by atoms with Crippen molar-refractivity contribution in [2.24, 2.45) is 0 Å². The van der Waals surface area contributed by atoms with Gasteiger partial charge < -0.3 is 10.2 Å². The van der Waals surface area contributed by atoms with Crippen LogP contribution in [0.3, 0.4) is 0 Å². The summed E-state index contributed by atoms with van der Waals surface area (Å²) in [5.41, 5.74) is -3.56. The standard InChI is InChI=1S/C18H12F10O2/c19-15(20,17(23,24)25)13(29)11-7-3-1-5-9(11)10-6-2-4-8-12(10)14(30)16(21,22)18(26,27)28/h1-8,13-14,29-30H/t13-,14-/m1/s1. The van der Waals surface area contributed by atoms with Crippen molar-refractivity contribution in [3.63, 3.8) is 0 Å². The average Bonchev–Trinajstić information content (AvgIpc) is 2.65. The molecule has 0 unspecified atom stereocenters. The Morgan fingerprint density at radius 3 is 1.03 bits per heavy atom. The topological polar surface area (TPSA) is 40.5 Å². The summed E-state index contributed by atoms with van der Waals surface area (Å²) in [5, 5.41) is 19.4. The maximum atomic E-state index is 13.6. The highest BCUT2D eigenvalue weighted by Crippen LogP contribution is 2.49. The maximum Gasteiger partial charge on any atom is 0.456 e. The fraction of sp³-hybridized carbons (Fsp3) is 0.333. The van der Waals surface area contributed by atoms with Crippen molar-refractivity contribution in [2.45, 2.75) is 36.4 Å². The van der Waals surface area contributed by atoms with Crippen LogP contribution in [0, 0.1) is 0 Å². The van der Waals surface area contributed by atoms with E-state index in [0.717, 1.165) is 36.4 Å². The third-order valence-electron chi connectivity index (χ3n) is 4.24. The molecular weight excluding hydrogens is 438 g/mol. The normalized spacial score (nSPS) is 15.7. The van der Waals surface area contributed by atoms with E-state index in [4.69, 9.17) is 0 Å². The van der Waals surface area contributed by atoms with Crippen LogP contribution in [0.15, 0.2) is 48.5 Å². The number of hydrogen-bond donors (Lipinski definition) is 2. The summed E-state index contributed by atoms with van der Waals surface area (Å²) < 4.78 is 130. The van der Waals surface area contributed by atoms with Gasteiger partial charge in [0, 0.05) is 0 Å². The Morgan fingerprint density at radius 1 is 0.500 bits per heavy atom. The number of aliphatic hydroxyl groups excluding tert-OH is 2. The summed E-state index contributed by atoms with van der Waals surface area (Å²) in [7, 11) is 0. The Morgan fingerprint density at radius 2 is 0.767 bits per heavy atom. The summed E-state index contributed by atoms with van der Waals surface area (Å²) in [4.78, 5) is 0. The van der Waals surface area contributed by atoms with Crippen LogP contribution in [0.2, 0.25) is 0 Å². The van der Waals surface area contributed by atoms with Crippen LogP contribution in [-0.2, 0) is 0 Å². The third kappa shape index (κ3) is 4.10. The van der Waals surface area contributed by atoms with E-state index < -0.39 is 58.7 Å². The Bertz CT molecular complexity index is 816. The van der Waals surface area contributed by atoms with Gasteiger partial charge in [0.25, 0.3) is 0 Å². The molecule has 30 heavy (non-hydrogen) atoms. The molecule has 2 nitrogen and oxygen atoms in total. The molecule has 0 aliphatic carbocycles. The van der Waals surface area contributed by atoms with Crippen molar-refractivity contribution >= 4 is 0 Å². The molecule has 0 amide bonds. The van der Waals surface area contributed by atoms with Crippen molar-refractivity contribution < 1.29 is 54.1 Å². The molecule has 0 aliphatic heterocycles. The van der Waals surface area contributed by atoms with E-state index in [-0.39, 0.29) is 0 Å². The third-order valence-corrected chi connectivity index (χ3v) is 4.24. The number of benzene rings is 2. The molecule has 0 heterocycles. The van der Waals surface area contributed by atoms with Crippen molar-refractivity contribution in [1.82, 2.24) is 0 Å². The summed E-state index contributed by atoms with van der Waals surface area (Å²) in [6.45, 7) is 0. The first-order chi connectivity index (χ1) is 13.5. The molecule has 0 fully saturated rings. The zero-order valence-electron chi connectivity index (χ0n) is 14.4. The molecule has 2 aromatic rings. The number of alkyl halides is 10. The quantitative estimate of drug-likeness (QED) is 0.564. The molecule has 0 saturated carbocycles. The van der Waals surface area contributed by atoms with Crippen molar-refractivity contribution in [3.05, 3.63) is 59.7 Å². The van der Waals surface area contributed by atoms with Gasteiger partial charge in [0.15, 0.2) is 12.2 Å². The lowest BCUT2D eigenvalue weighted by molar-refractivity contribution is -0.315. The molecule has 2 N–H and O–H groups in total. The van der Waals surface area contributed by atoms with Gasteiger partial charge in [-0.25, -0.2) is 0 Å². The molecule has 0 radical (unpaired) electrons. The predicted octanol–water partition coefficient (Wildman–Crippen LogP) is 5.82. The Kier molecular flexibility index (Phi) is 6.17. The minimum Gasteiger partial charge on any atom is -0.382 e. The largest absolute Gasteiger partial charge is 0.456 e. The van der Waals surface area contributed by atoms with Gasteiger partial charge in [-0.1, -0.05) is 48.5 Å². The van der Waals surface area contributed by atoms with Crippen LogP contribution in [-0.4, -0.2) is 34.4 Å². The molecule has 0 aliphatic rings. The first-order valence-electron chi connectivity index (χ1n) is 7.97. The summed E-state index contributed by atoms with van der Waals surface area (Å²) in [6.07, 6.45) is -19.4. The van der Waals surface area contributed by atoms with Crippen LogP contribution < -0.4 is 0 Å². The van der Waals surface area contributed by atoms with Gasteiger partial charge in [0.2, 0.25) is 0 Å². The number of hydrogen-bond acceptors (Lipinski definition) is 2. The van der Waals surface area contributed by atoms with E-state index in [2.05, 4.69) is 0 Å². The highest BCUT2D eigenvalue weighted by Gasteiger charge is 2.64. The lowest BCUT2D eigenvalue weighted by Gasteiger charge is -2.29. The van der Waals surface area contributed by atoms with Gasteiger partial charge in [0.1, 0.15) is 0 Å². The molecule has 0 saturated heterocycles. The highest BCUT2D eigenvalue weighted by atomic mass is 19.4. The zero-order chi connectivity index (χ0) is 23.1. The number of aliphatic hydroxyl groups is 2. The van der Waals surface area contributed by atoms with Crippen LogP contribution in [0.25, 0.3) is 11.1 Å². The lowest BCUT2D eigenvalue weighted by Crippen LogP contribution is -2.42. The molecule has 12 heteroatoms. The van der Waals surface area contributed by atoms with Gasteiger partial charge in [0.05, 0.1) is 0 Å². The van der Waals surface area contributed by atoms with Gasteiger partial charge in [-0.05, 0) is 22.3 Å². The molecule has 166 valence electrons. The summed E-state index contributed by atoms with van der Waals surface area (Å²) in [6, 6.07) is 6.99. The van der Waals surface area contributed by atoms with E-state index in [9.17, 15) is 54.1 Å². The molecular formula is C18H12F10O2.